The Hall–Kier alpha value is -2.65. The molecule has 0 spiro atoms. The number of aromatic nitrogens is 3. The number of carbonyl (C=O) groups is 1. The zero-order chi connectivity index (χ0) is 17.3. The maximum absolute atomic E-state index is 13.0. The first kappa shape index (κ1) is 16.2. The number of carbonyl (C=O) groups excluding carboxylic acids is 1. The van der Waals surface area contributed by atoms with Crippen LogP contribution in [0.5, 0.6) is 0 Å². The summed E-state index contributed by atoms with van der Waals surface area (Å²) in [5.74, 6) is -0.546. The number of para-hydroxylation sites is 1. The van der Waals surface area contributed by atoms with Gasteiger partial charge < -0.3 is 0 Å². The lowest BCUT2D eigenvalue weighted by Gasteiger charge is -2.12. The van der Waals surface area contributed by atoms with Gasteiger partial charge in [0.05, 0.1) is 27.5 Å². The predicted molar refractivity (Wildman–Crippen MR) is 93.2 cm³/mol. The summed E-state index contributed by atoms with van der Waals surface area (Å²) in [6, 6.07) is 9.72. The Morgan fingerprint density at radius 2 is 2.00 bits per heavy atom. The van der Waals surface area contributed by atoms with E-state index in [1.807, 2.05) is 38.1 Å². The zero-order valence-corrected chi connectivity index (χ0v) is 14.5. The Labute approximate surface area is 144 Å². The van der Waals surface area contributed by atoms with Gasteiger partial charge in [-0.2, -0.15) is 5.26 Å². The van der Waals surface area contributed by atoms with Gasteiger partial charge in [0.1, 0.15) is 10.8 Å². The zero-order valence-electron chi connectivity index (χ0n) is 13.6. The van der Waals surface area contributed by atoms with Gasteiger partial charge in [0, 0.05) is 6.20 Å². The smallest absolute Gasteiger partial charge is 0.190 e. The van der Waals surface area contributed by atoms with E-state index in [1.54, 1.807) is 6.92 Å². The normalized spacial score (nSPS) is 12.3. The number of Topliss-reactive ketones (excluding diaryl/α,β-unsaturated/α-hetero) is 1. The molecule has 1 atom stereocenters. The van der Waals surface area contributed by atoms with Crippen molar-refractivity contribution in [3.63, 3.8) is 0 Å². The third kappa shape index (κ3) is 2.91. The van der Waals surface area contributed by atoms with Crippen molar-refractivity contribution in [1.29, 1.82) is 5.26 Å². The van der Waals surface area contributed by atoms with Crippen molar-refractivity contribution < 1.29 is 4.79 Å². The molecule has 24 heavy (non-hydrogen) atoms. The highest BCUT2D eigenvalue weighted by atomic mass is 32.1. The van der Waals surface area contributed by atoms with E-state index in [-0.39, 0.29) is 11.7 Å². The number of nitriles is 1. The van der Waals surface area contributed by atoms with Gasteiger partial charge in [0.2, 0.25) is 0 Å². The van der Waals surface area contributed by atoms with E-state index in [1.165, 1.54) is 17.5 Å². The van der Waals surface area contributed by atoms with Crippen LogP contribution in [0.4, 0.5) is 0 Å². The van der Waals surface area contributed by atoms with Crippen LogP contribution in [0.1, 0.15) is 52.6 Å². The number of thiazole rings is 1. The first-order valence-corrected chi connectivity index (χ1v) is 8.45. The van der Waals surface area contributed by atoms with Crippen molar-refractivity contribution in [2.24, 2.45) is 0 Å². The molecule has 0 saturated heterocycles. The van der Waals surface area contributed by atoms with Crippen LogP contribution in [0.15, 0.2) is 30.5 Å². The maximum Gasteiger partial charge on any atom is 0.190 e. The second-order valence-electron chi connectivity index (χ2n) is 5.82. The fourth-order valence-electron chi connectivity index (χ4n) is 2.51. The van der Waals surface area contributed by atoms with Crippen LogP contribution < -0.4 is 0 Å². The molecular formula is C18H16N4OS. The Morgan fingerprint density at radius 3 is 2.67 bits per heavy atom. The molecule has 0 aliphatic rings. The van der Waals surface area contributed by atoms with Crippen LogP contribution in [0.25, 0.3) is 10.2 Å². The number of rotatable bonds is 4. The standard InChI is InChI=1S/C18H16N4OS/c1-10(2)16-13(9-20-11(3)21-16)17(23)12(8-19)18-22-14-6-4-5-7-15(14)24-18/h4-7,9-10,12H,1-3H3/t12-/m1/s1. The lowest BCUT2D eigenvalue weighted by atomic mass is 9.95. The minimum atomic E-state index is -0.939. The van der Waals surface area contributed by atoms with Crippen LogP contribution in [-0.2, 0) is 0 Å². The summed E-state index contributed by atoms with van der Waals surface area (Å²) in [4.78, 5) is 25.9. The van der Waals surface area contributed by atoms with Crippen molar-refractivity contribution in [2.75, 3.05) is 0 Å². The first-order chi connectivity index (χ1) is 11.5. The molecule has 3 aromatic rings. The molecule has 2 aromatic heterocycles. The first-order valence-electron chi connectivity index (χ1n) is 7.64. The average Bonchev–Trinajstić information content (AvgIpc) is 2.98. The Bertz CT molecular complexity index is 922. The lowest BCUT2D eigenvalue weighted by molar-refractivity contribution is 0.0976. The molecule has 6 heteroatoms. The van der Waals surface area contributed by atoms with Crippen LogP contribution in [0.2, 0.25) is 0 Å². The van der Waals surface area contributed by atoms with Crippen LogP contribution >= 0.6 is 11.3 Å². The second kappa shape index (κ2) is 6.46. The molecule has 0 fully saturated rings. The number of aryl methyl sites for hydroxylation is 1. The number of hydrogen-bond acceptors (Lipinski definition) is 6. The Balaban J connectivity index is 2.06. The molecule has 0 radical (unpaired) electrons. The number of hydrogen-bond donors (Lipinski definition) is 0. The molecule has 0 unspecified atom stereocenters. The summed E-state index contributed by atoms with van der Waals surface area (Å²) >= 11 is 1.38. The molecular weight excluding hydrogens is 320 g/mol. The highest BCUT2D eigenvalue weighted by Gasteiger charge is 2.28. The van der Waals surface area contributed by atoms with Gasteiger partial charge in [-0.15, -0.1) is 11.3 Å². The predicted octanol–water partition coefficient (Wildman–Crippen LogP) is 4.01. The highest BCUT2D eigenvalue weighted by molar-refractivity contribution is 7.18. The molecule has 0 bridgehead atoms. The quantitative estimate of drug-likeness (QED) is 0.673. The van der Waals surface area contributed by atoms with Crippen molar-refractivity contribution >= 4 is 27.3 Å². The fourth-order valence-corrected chi connectivity index (χ4v) is 3.52. The summed E-state index contributed by atoms with van der Waals surface area (Å²) in [5.41, 5.74) is 1.88. The highest BCUT2D eigenvalue weighted by Crippen LogP contribution is 2.30. The molecule has 2 heterocycles. The van der Waals surface area contributed by atoms with Gasteiger partial charge in [-0.3, -0.25) is 4.79 Å². The number of ketones is 1. The van der Waals surface area contributed by atoms with Gasteiger partial charge >= 0.3 is 0 Å². The Morgan fingerprint density at radius 1 is 1.25 bits per heavy atom. The minimum Gasteiger partial charge on any atom is -0.292 e. The molecule has 0 aliphatic heterocycles. The van der Waals surface area contributed by atoms with Crippen molar-refractivity contribution in [3.8, 4) is 6.07 Å². The molecule has 5 nitrogen and oxygen atoms in total. The van der Waals surface area contributed by atoms with E-state index in [9.17, 15) is 10.1 Å². The van der Waals surface area contributed by atoms with Gasteiger partial charge in [-0.1, -0.05) is 26.0 Å². The third-order valence-corrected chi connectivity index (χ3v) is 4.80. The molecule has 3 rings (SSSR count). The number of fused-ring (bicyclic) bond motifs is 1. The maximum atomic E-state index is 13.0. The summed E-state index contributed by atoms with van der Waals surface area (Å²) < 4.78 is 0.963. The number of benzene rings is 1. The number of nitrogens with zero attached hydrogens (tertiary/aromatic N) is 4. The summed E-state index contributed by atoms with van der Waals surface area (Å²) in [5, 5.41) is 10.1. The van der Waals surface area contributed by atoms with Crippen LogP contribution in [-0.4, -0.2) is 20.7 Å². The Kier molecular flexibility index (Phi) is 4.36. The monoisotopic (exact) mass is 336 g/mol. The van der Waals surface area contributed by atoms with Gasteiger partial charge in [-0.05, 0) is 25.0 Å². The largest absolute Gasteiger partial charge is 0.292 e. The third-order valence-electron chi connectivity index (χ3n) is 3.70. The van der Waals surface area contributed by atoms with E-state index in [4.69, 9.17) is 0 Å². The average molecular weight is 336 g/mol. The van der Waals surface area contributed by atoms with Gasteiger partial charge in [0.15, 0.2) is 11.7 Å². The molecule has 1 aromatic carbocycles. The second-order valence-corrected chi connectivity index (χ2v) is 6.88. The minimum absolute atomic E-state index is 0.0698. The summed E-state index contributed by atoms with van der Waals surface area (Å²) in [6.45, 7) is 5.73. The molecule has 0 N–H and O–H groups in total. The van der Waals surface area contributed by atoms with E-state index in [0.29, 0.717) is 22.1 Å². The molecule has 0 aliphatic carbocycles. The summed E-state index contributed by atoms with van der Waals surface area (Å²) in [7, 11) is 0. The molecule has 0 amide bonds. The van der Waals surface area contributed by atoms with Crippen molar-refractivity contribution in [1.82, 2.24) is 15.0 Å². The summed E-state index contributed by atoms with van der Waals surface area (Å²) in [6.07, 6.45) is 1.53. The van der Waals surface area contributed by atoms with E-state index < -0.39 is 5.92 Å². The molecule has 120 valence electrons. The molecule has 0 saturated carbocycles. The van der Waals surface area contributed by atoms with Crippen LogP contribution in [0.3, 0.4) is 0 Å². The van der Waals surface area contributed by atoms with Crippen molar-refractivity contribution in [3.05, 3.63) is 52.6 Å². The van der Waals surface area contributed by atoms with E-state index in [0.717, 1.165) is 10.2 Å². The van der Waals surface area contributed by atoms with Gasteiger partial charge in [0.25, 0.3) is 0 Å². The SMILES string of the molecule is Cc1ncc(C(=O)[C@@H](C#N)c2nc3ccccc3s2)c(C(C)C)n1. The van der Waals surface area contributed by atoms with E-state index >= 15 is 0 Å². The fraction of sp³-hybridized carbons (Fsp3) is 0.278. The van der Waals surface area contributed by atoms with Gasteiger partial charge in [-0.25, -0.2) is 15.0 Å². The topological polar surface area (TPSA) is 79.5 Å². The van der Waals surface area contributed by atoms with Crippen molar-refractivity contribution in [2.45, 2.75) is 32.6 Å². The lowest BCUT2D eigenvalue weighted by Crippen LogP contribution is -2.16. The van der Waals surface area contributed by atoms with Crippen LogP contribution in [0, 0.1) is 18.3 Å². The van der Waals surface area contributed by atoms with E-state index in [2.05, 4.69) is 21.0 Å².